The zero-order valence-electron chi connectivity index (χ0n) is 17.3. The zero-order chi connectivity index (χ0) is 20.9. The highest BCUT2D eigenvalue weighted by Crippen LogP contribution is 2.33. The normalized spacial score (nSPS) is 16.5. The minimum absolute atomic E-state index is 0.232. The summed E-state index contributed by atoms with van der Waals surface area (Å²) in [7, 11) is -0.232. The lowest BCUT2D eigenvalue weighted by molar-refractivity contribution is 0.461. The first kappa shape index (κ1) is 21.0. The van der Waals surface area contributed by atoms with Crippen LogP contribution in [0, 0.1) is 0 Å². The molecule has 4 rings (SSSR count). The van der Waals surface area contributed by atoms with Gasteiger partial charge in [0.1, 0.15) is 11.6 Å². The van der Waals surface area contributed by atoms with Crippen molar-refractivity contribution in [3.8, 4) is 0 Å². The van der Waals surface area contributed by atoms with Gasteiger partial charge < -0.3 is 16.0 Å². The second-order valence-corrected chi connectivity index (χ2v) is 10.4. The van der Waals surface area contributed by atoms with Gasteiger partial charge in [-0.15, -0.1) is 0 Å². The molecule has 30 heavy (non-hydrogen) atoms. The summed E-state index contributed by atoms with van der Waals surface area (Å²) in [6.45, 7) is 6.63. The fraction of sp³-hybridized carbons (Fsp3) is 0.304. The maximum atomic E-state index is 6.44. The molecule has 0 saturated carbocycles. The molecule has 1 fully saturated rings. The second-order valence-electron chi connectivity index (χ2n) is 7.73. The van der Waals surface area contributed by atoms with Gasteiger partial charge in [-0.05, 0) is 67.7 Å². The quantitative estimate of drug-likeness (QED) is 0.446. The second kappa shape index (κ2) is 9.74. The Bertz CT molecular complexity index is 1000. The van der Waals surface area contributed by atoms with Crippen molar-refractivity contribution >= 4 is 47.8 Å². The summed E-state index contributed by atoms with van der Waals surface area (Å²) in [4.78, 5) is 8.92. The molecule has 7 heteroatoms. The van der Waals surface area contributed by atoms with Gasteiger partial charge in [0.2, 0.25) is 0 Å². The van der Waals surface area contributed by atoms with Crippen molar-refractivity contribution in [1.29, 1.82) is 0 Å². The molecule has 3 heterocycles. The van der Waals surface area contributed by atoms with E-state index in [1.807, 2.05) is 18.3 Å². The molecule has 0 aliphatic carbocycles. The third kappa shape index (κ3) is 5.10. The van der Waals surface area contributed by atoms with Crippen LogP contribution < -0.4 is 21.3 Å². The lowest BCUT2D eigenvalue weighted by atomic mass is 9.92. The summed E-state index contributed by atoms with van der Waals surface area (Å²) in [5, 5.41) is 12.2. The van der Waals surface area contributed by atoms with Crippen LogP contribution >= 0.6 is 19.5 Å². The predicted molar refractivity (Wildman–Crippen MR) is 130 cm³/mol. The van der Waals surface area contributed by atoms with Crippen molar-refractivity contribution in [2.75, 3.05) is 37.1 Å². The molecule has 1 atom stereocenters. The van der Waals surface area contributed by atoms with Crippen LogP contribution in [-0.2, 0) is 0 Å². The Morgan fingerprint density at radius 1 is 1.03 bits per heavy atom. The van der Waals surface area contributed by atoms with Gasteiger partial charge in [0.25, 0.3) is 0 Å². The maximum absolute atomic E-state index is 6.44. The number of halogens is 1. The van der Waals surface area contributed by atoms with Gasteiger partial charge in [0, 0.05) is 24.5 Å². The van der Waals surface area contributed by atoms with E-state index >= 15 is 0 Å². The molecule has 0 amide bonds. The van der Waals surface area contributed by atoms with E-state index in [1.165, 1.54) is 23.7 Å². The largest absolute Gasteiger partial charge is 0.354 e. The number of aromatic nitrogens is 2. The minimum atomic E-state index is -0.232. The Balaban J connectivity index is 1.54. The van der Waals surface area contributed by atoms with Crippen LogP contribution in [0.2, 0.25) is 5.02 Å². The first-order chi connectivity index (χ1) is 14.6. The van der Waals surface area contributed by atoms with Crippen molar-refractivity contribution in [2.45, 2.75) is 18.8 Å². The van der Waals surface area contributed by atoms with Crippen LogP contribution in [0.4, 0.5) is 23.0 Å². The number of piperidine rings is 1. The number of para-hydroxylation sites is 1. The van der Waals surface area contributed by atoms with E-state index in [1.54, 1.807) is 6.20 Å². The van der Waals surface area contributed by atoms with E-state index in [0.717, 1.165) is 30.3 Å². The van der Waals surface area contributed by atoms with Crippen molar-refractivity contribution in [3.05, 3.63) is 65.4 Å². The molecular formula is C23H27ClN5P. The molecule has 1 saturated heterocycles. The highest BCUT2D eigenvalue weighted by Gasteiger charge is 2.16. The molecule has 3 N–H and O–H groups in total. The smallest absolute Gasteiger partial charge is 0.133 e. The predicted octanol–water partition coefficient (Wildman–Crippen LogP) is 5.45. The van der Waals surface area contributed by atoms with E-state index in [9.17, 15) is 0 Å². The highest BCUT2D eigenvalue weighted by molar-refractivity contribution is 7.64. The lowest BCUT2D eigenvalue weighted by Gasteiger charge is -2.23. The molecular weight excluding hydrogens is 413 g/mol. The average molecular weight is 440 g/mol. The number of benzene rings is 1. The molecule has 0 bridgehead atoms. The Morgan fingerprint density at radius 3 is 2.67 bits per heavy atom. The van der Waals surface area contributed by atoms with E-state index in [0.29, 0.717) is 16.8 Å². The Labute approximate surface area is 184 Å². The van der Waals surface area contributed by atoms with Gasteiger partial charge in [0.05, 0.1) is 16.9 Å². The van der Waals surface area contributed by atoms with Gasteiger partial charge in [-0.2, -0.15) is 0 Å². The van der Waals surface area contributed by atoms with Crippen LogP contribution in [-0.4, -0.2) is 36.4 Å². The van der Waals surface area contributed by atoms with Gasteiger partial charge in [-0.25, -0.2) is 9.97 Å². The summed E-state index contributed by atoms with van der Waals surface area (Å²) in [6.07, 6.45) is 5.95. The van der Waals surface area contributed by atoms with E-state index < -0.39 is 0 Å². The van der Waals surface area contributed by atoms with Crippen molar-refractivity contribution < 1.29 is 0 Å². The van der Waals surface area contributed by atoms with Gasteiger partial charge >= 0.3 is 0 Å². The molecule has 5 nitrogen and oxygen atoms in total. The lowest BCUT2D eigenvalue weighted by Crippen LogP contribution is -2.28. The third-order valence-corrected chi connectivity index (χ3v) is 6.97. The molecule has 2 aromatic heterocycles. The third-order valence-electron chi connectivity index (χ3n) is 5.32. The number of nitrogens with one attached hydrogen (secondary N) is 3. The first-order valence-corrected chi connectivity index (χ1v) is 12.8. The van der Waals surface area contributed by atoms with E-state index in [4.69, 9.17) is 11.6 Å². The van der Waals surface area contributed by atoms with Crippen LogP contribution in [0.15, 0.2) is 54.9 Å². The van der Waals surface area contributed by atoms with Gasteiger partial charge in [-0.3, -0.25) is 0 Å². The van der Waals surface area contributed by atoms with Crippen LogP contribution in [0.25, 0.3) is 0 Å². The van der Waals surface area contributed by atoms with Gasteiger partial charge in [-0.1, -0.05) is 37.7 Å². The molecule has 3 aromatic rings. The summed E-state index contributed by atoms with van der Waals surface area (Å²) in [5.74, 6) is 2.04. The molecule has 1 aliphatic rings. The van der Waals surface area contributed by atoms with E-state index in [-0.39, 0.29) is 7.92 Å². The number of anilines is 4. The van der Waals surface area contributed by atoms with Crippen LogP contribution in [0.1, 0.15) is 24.3 Å². The number of hydrogen-bond donors (Lipinski definition) is 3. The molecule has 0 spiro atoms. The van der Waals surface area contributed by atoms with Crippen molar-refractivity contribution in [2.24, 2.45) is 0 Å². The highest BCUT2D eigenvalue weighted by atomic mass is 35.5. The topological polar surface area (TPSA) is 61.9 Å². The summed E-state index contributed by atoms with van der Waals surface area (Å²) in [6, 6.07) is 14.5. The molecule has 1 aromatic carbocycles. The van der Waals surface area contributed by atoms with Gasteiger partial charge in [0.15, 0.2) is 0 Å². The minimum Gasteiger partial charge on any atom is -0.354 e. The number of rotatable bonds is 6. The monoisotopic (exact) mass is 439 g/mol. The Kier molecular flexibility index (Phi) is 6.83. The molecule has 1 unspecified atom stereocenters. The number of nitrogens with zero attached hydrogens (tertiary/aromatic N) is 2. The fourth-order valence-corrected chi connectivity index (χ4v) is 4.90. The summed E-state index contributed by atoms with van der Waals surface area (Å²) in [5.41, 5.74) is 3.21. The van der Waals surface area contributed by atoms with Crippen LogP contribution in [0.3, 0.4) is 0 Å². The van der Waals surface area contributed by atoms with Crippen molar-refractivity contribution in [1.82, 2.24) is 15.3 Å². The SMILES string of the molecule is CP(C)c1ccccc1Nc1cc(Nc2cc(C3CCCNC3)ccn2)ncc1Cl. The average Bonchev–Trinajstić information content (AvgIpc) is 2.77. The summed E-state index contributed by atoms with van der Waals surface area (Å²) < 4.78 is 0. The zero-order valence-corrected chi connectivity index (χ0v) is 19.0. The summed E-state index contributed by atoms with van der Waals surface area (Å²) >= 11 is 6.44. The number of hydrogen-bond acceptors (Lipinski definition) is 5. The maximum Gasteiger partial charge on any atom is 0.133 e. The van der Waals surface area contributed by atoms with E-state index in [2.05, 4.69) is 69.6 Å². The Hall–Kier alpha value is -2.20. The molecule has 0 radical (unpaired) electrons. The molecule has 1 aliphatic heterocycles. The van der Waals surface area contributed by atoms with Crippen molar-refractivity contribution in [3.63, 3.8) is 0 Å². The molecule has 156 valence electrons. The van der Waals surface area contributed by atoms with Crippen LogP contribution in [0.5, 0.6) is 0 Å². The first-order valence-electron chi connectivity index (χ1n) is 10.2. The fourth-order valence-electron chi connectivity index (χ4n) is 3.75. The Morgan fingerprint density at radius 2 is 1.87 bits per heavy atom. The standard InChI is InChI=1S/C23H27ClN5P/c1-30(2)21-8-4-3-7-19(21)28-20-13-23(27-15-18(20)24)29-22-12-16(9-11-26-22)17-6-5-10-25-14-17/h3-4,7-9,11-13,15,17,25H,5-6,10,14H2,1-2H3,(H2,26,27,28,29). The number of pyridine rings is 2.